The zero-order valence-corrected chi connectivity index (χ0v) is 18.8. The van der Waals surface area contributed by atoms with E-state index in [9.17, 15) is 13.2 Å². The molecule has 0 bridgehead atoms. The van der Waals surface area contributed by atoms with Gasteiger partial charge in [-0.2, -0.15) is 0 Å². The van der Waals surface area contributed by atoms with E-state index in [1.54, 1.807) is 7.05 Å². The molecule has 27 heavy (non-hydrogen) atoms. The fraction of sp³-hybridized carbons (Fsp3) is 0.556. The van der Waals surface area contributed by atoms with Gasteiger partial charge < -0.3 is 16.0 Å². The number of nitrogens with one attached hydrogen (secondary N) is 3. The van der Waals surface area contributed by atoms with Crippen LogP contribution in [0, 0.1) is 5.41 Å². The lowest BCUT2D eigenvalue weighted by molar-refractivity contribution is -0.116. The summed E-state index contributed by atoms with van der Waals surface area (Å²) in [5.74, 6) is 0.932. The molecule has 0 radical (unpaired) electrons. The van der Waals surface area contributed by atoms with E-state index in [4.69, 9.17) is 0 Å². The Bertz CT molecular complexity index is 822. The second kappa shape index (κ2) is 8.76. The molecule has 1 amide bonds. The number of para-hydroxylation sites is 1. The third-order valence-corrected chi connectivity index (χ3v) is 6.14. The Labute approximate surface area is 177 Å². The molecular weight excluding hydrogens is 479 g/mol. The molecule has 3 rings (SSSR count). The molecular formula is C18H27IN4O3S. The van der Waals surface area contributed by atoms with Crippen LogP contribution in [0.5, 0.6) is 0 Å². The van der Waals surface area contributed by atoms with Gasteiger partial charge in [-0.3, -0.25) is 9.79 Å². The SMILES string of the molecule is CN=C(NCC1CC(=O)Nc2ccccc21)NCC1(CS(C)(=O)=O)CC1.I. The van der Waals surface area contributed by atoms with Crippen molar-refractivity contribution in [2.45, 2.75) is 25.2 Å². The number of carbonyl (C=O) groups is 1. The topological polar surface area (TPSA) is 99.7 Å². The van der Waals surface area contributed by atoms with Gasteiger partial charge in [0.05, 0.1) is 5.75 Å². The minimum Gasteiger partial charge on any atom is -0.356 e. The summed E-state index contributed by atoms with van der Waals surface area (Å²) in [6.07, 6.45) is 3.55. The number of nitrogens with zero attached hydrogens (tertiary/aromatic N) is 1. The number of sulfone groups is 1. The Morgan fingerprint density at radius 3 is 2.63 bits per heavy atom. The molecule has 0 aromatic heterocycles. The first kappa shape index (κ1) is 21.9. The summed E-state index contributed by atoms with van der Waals surface area (Å²) in [7, 11) is -1.30. The van der Waals surface area contributed by atoms with Gasteiger partial charge in [-0.15, -0.1) is 24.0 Å². The van der Waals surface area contributed by atoms with E-state index in [0.29, 0.717) is 25.5 Å². The van der Waals surface area contributed by atoms with Gasteiger partial charge in [0.25, 0.3) is 0 Å². The highest BCUT2D eigenvalue weighted by Crippen LogP contribution is 2.46. The predicted molar refractivity (Wildman–Crippen MR) is 119 cm³/mol. The van der Waals surface area contributed by atoms with Crippen molar-refractivity contribution in [2.24, 2.45) is 10.4 Å². The molecule has 1 saturated carbocycles. The molecule has 0 saturated heterocycles. The van der Waals surface area contributed by atoms with Crippen molar-refractivity contribution in [3.63, 3.8) is 0 Å². The maximum absolute atomic E-state index is 11.9. The Kier molecular flexibility index (Phi) is 7.12. The Morgan fingerprint density at radius 2 is 2.00 bits per heavy atom. The largest absolute Gasteiger partial charge is 0.356 e. The van der Waals surface area contributed by atoms with Gasteiger partial charge >= 0.3 is 0 Å². The standard InChI is InChI=1S/C18H26N4O3S.HI/c1-19-17(21-11-18(7-8-18)12-26(2,24)25)20-10-13-9-16(23)22-15-6-4-3-5-14(13)15;/h3-6,13H,7-12H2,1-2H3,(H,22,23)(H2,19,20,21);1H. The van der Waals surface area contributed by atoms with Gasteiger partial charge in [-0.1, -0.05) is 18.2 Å². The summed E-state index contributed by atoms with van der Waals surface area (Å²) in [5.41, 5.74) is 1.82. The third kappa shape index (κ3) is 6.06. The molecule has 0 spiro atoms. The fourth-order valence-corrected chi connectivity index (χ4v) is 5.00. The molecule has 1 aromatic carbocycles. The van der Waals surface area contributed by atoms with E-state index < -0.39 is 9.84 Å². The average molecular weight is 506 g/mol. The van der Waals surface area contributed by atoms with Crippen molar-refractivity contribution in [3.05, 3.63) is 29.8 Å². The lowest BCUT2D eigenvalue weighted by atomic mass is 9.90. The van der Waals surface area contributed by atoms with Crippen LogP contribution in [0.15, 0.2) is 29.3 Å². The molecule has 9 heteroatoms. The second-order valence-electron chi connectivity index (χ2n) is 7.41. The molecule has 7 nitrogen and oxygen atoms in total. The lowest BCUT2D eigenvalue weighted by Crippen LogP contribution is -2.43. The smallest absolute Gasteiger partial charge is 0.225 e. The van der Waals surface area contributed by atoms with Gasteiger partial charge in [-0.25, -0.2) is 8.42 Å². The quantitative estimate of drug-likeness (QED) is 0.310. The van der Waals surface area contributed by atoms with Gasteiger partial charge in [-0.05, 0) is 24.5 Å². The van der Waals surface area contributed by atoms with E-state index in [1.807, 2.05) is 24.3 Å². The zero-order valence-electron chi connectivity index (χ0n) is 15.6. The van der Waals surface area contributed by atoms with Crippen LogP contribution in [0.1, 0.15) is 30.7 Å². The zero-order chi connectivity index (χ0) is 18.8. The molecule has 1 unspecified atom stereocenters. The normalized spacial score (nSPS) is 20.7. The van der Waals surface area contributed by atoms with Crippen molar-refractivity contribution in [1.29, 1.82) is 0 Å². The van der Waals surface area contributed by atoms with E-state index in [0.717, 1.165) is 24.1 Å². The van der Waals surface area contributed by atoms with Gasteiger partial charge in [0.2, 0.25) is 5.91 Å². The minimum absolute atomic E-state index is 0. The van der Waals surface area contributed by atoms with Crippen LogP contribution in [-0.2, 0) is 14.6 Å². The maximum Gasteiger partial charge on any atom is 0.225 e. The number of rotatable bonds is 6. The Morgan fingerprint density at radius 1 is 1.30 bits per heavy atom. The Hall–Kier alpha value is -1.36. The Balaban J connectivity index is 0.00000261. The second-order valence-corrected chi connectivity index (χ2v) is 9.55. The number of hydrogen-bond acceptors (Lipinski definition) is 4. The van der Waals surface area contributed by atoms with Crippen LogP contribution >= 0.6 is 24.0 Å². The number of guanidine groups is 1. The molecule has 1 heterocycles. The lowest BCUT2D eigenvalue weighted by Gasteiger charge is -2.26. The summed E-state index contributed by atoms with van der Waals surface area (Å²) < 4.78 is 23.1. The summed E-state index contributed by atoms with van der Waals surface area (Å²) in [5, 5.41) is 9.41. The summed E-state index contributed by atoms with van der Waals surface area (Å²) in [6, 6.07) is 7.82. The van der Waals surface area contributed by atoms with Gasteiger partial charge in [0.15, 0.2) is 5.96 Å². The first-order valence-corrected chi connectivity index (χ1v) is 10.9. The minimum atomic E-state index is -2.99. The number of amides is 1. The third-order valence-electron chi connectivity index (χ3n) is 5.00. The first-order chi connectivity index (χ1) is 12.3. The fourth-order valence-electron chi connectivity index (χ4n) is 3.50. The van der Waals surface area contributed by atoms with Crippen molar-refractivity contribution >= 4 is 51.4 Å². The number of benzene rings is 1. The molecule has 2 aliphatic rings. The van der Waals surface area contributed by atoms with Gasteiger partial charge in [0.1, 0.15) is 9.84 Å². The van der Waals surface area contributed by atoms with Crippen LogP contribution in [-0.4, -0.2) is 52.4 Å². The average Bonchev–Trinajstić information content (AvgIpc) is 3.32. The van der Waals surface area contributed by atoms with Crippen LogP contribution in [0.4, 0.5) is 5.69 Å². The highest BCUT2D eigenvalue weighted by Gasteiger charge is 2.45. The maximum atomic E-state index is 11.9. The van der Waals surface area contributed by atoms with Crippen LogP contribution in [0.2, 0.25) is 0 Å². The van der Waals surface area contributed by atoms with E-state index in [1.165, 1.54) is 6.26 Å². The first-order valence-electron chi connectivity index (χ1n) is 8.81. The highest BCUT2D eigenvalue weighted by atomic mass is 127. The van der Waals surface area contributed by atoms with E-state index >= 15 is 0 Å². The summed E-state index contributed by atoms with van der Waals surface area (Å²) in [6.45, 7) is 1.17. The predicted octanol–water partition coefficient (Wildman–Crippen LogP) is 1.72. The summed E-state index contributed by atoms with van der Waals surface area (Å²) >= 11 is 0. The van der Waals surface area contributed by atoms with E-state index in [-0.39, 0.29) is 47.0 Å². The molecule has 3 N–H and O–H groups in total. The molecule has 1 aromatic rings. The number of fused-ring (bicyclic) bond motifs is 1. The van der Waals surface area contributed by atoms with Crippen molar-refractivity contribution < 1.29 is 13.2 Å². The van der Waals surface area contributed by atoms with Crippen LogP contribution < -0.4 is 16.0 Å². The van der Waals surface area contributed by atoms with Crippen molar-refractivity contribution in [2.75, 3.05) is 37.5 Å². The number of halogens is 1. The summed E-state index contributed by atoms with van der Waals surface area (Å²) in [4.78, 5) is 16.1. The van der Waals surface area contributed by atoms with Crippen molar-refractivity contribution in [1.82, 2.24) is 10.6 Å². The highest BCUT2D eigenvalue weighted by molar-refractivity contribution is 14.0. The molecule has 1 atom stereocenters. The number of aliphatic imine (C=N–C) groups is 1. The van der Waals surface area contributed by atoms with Crippen LogP contribution in [0.25, 0.3) is 0 Å². The molecule has 1 fully saturated rings. The van der Waals surface area contributed by atoms with Crippen molar-refractivity contribution in [3.8, 4) is 0 Å². The van der Waals surface area contributed by atoms with Crippen LogP contribution in [0.3, 0.4) is 0 Å². The number of hydrogen-bond donors (Lipinski definition) is 3. The monoisotopic (exact) mass is 506 g/mol. The van der Waals surface area contributed by atoms with E-state index in [2.05, 4.69) is 20.9 Å². The van der Waals surface area contributed by atoms with Gasteiger partial charge in [0, 0.05) is 49.8 Å². The number of anilines is 1. The molecule has 1 aliphatic heterocycles. The molecule has 1 aliphatic carbocycles. The number of carbonyl (C=O) groups excluding carboxylic acids is 1. The molecule has 150 valence electrons.